The van der Waals surface area contributed by atoms with Gasteiger partial charge in [0.05, 0.1) is 6.04 Å². The first-order valence-corrected chi connectivity index (χ1v) is 6.62. The van der Waals surface area contributed by atoms with Gasteiger partial charge in [-0.1, -0.05) is 0 Å². The monoisotopic (exact) mass is 240 g/mol. The van der Waals surface area contributed by atoms with Crippen molar-refractivity contribution in [1.82, 2.24) is 5.32 Å². The molecule has 0 aromatic heterocycles. The summed E-state index contributed by atoms with van der Waals surface area (Å²) in [6.07, 6.45) is 4.50. The highest BCUT2D eigenvalue weighted by Crippen LogP contribution is 2.40. The highest BCUT2D eigenvalue weighted by atomic mass is 16.6. The highest BCUT2D eigenvalue weighted by molar-refractivity contribution is 5.68. The van der Waals surface area contributed by atoms with Crippen LogP contribution in [0.1, 0.15) is 46.5 Å². The van der Waals surface area contributed by atoms with Crippen molar-refractivity contribution in [2.45, 2.75) is 64.1 Å². The molecule has 3 N–H and O–H groups in total. The van der Waals surface area contributed by atoms with E-state index in [1.807, 2.05) is 20.8 Å². The molecule has 2 atom stereocenters. The van der Waals surface area contributed by atoms with Crippen molar-refractivity contribution in [3.05, 3.63) is 0 Å². The van der Waals surface area contributed by atoms with Gasteiger partial charge in [0.2, 0.25) is 0 Å². The molecule has 2 unspecified atom stereocenters. The summed E-state index contributed by atoms with van der Waals surface area (Å²) in [5.41, 5.74) is 5.76. The van der Waals surface area contributed by atoms with Gasteiger partial charge in [-0.05, 0) is 58.3 Å². The lowest BCUT2D eigenvalue weighted by molar-refractivity contribution is 0.0356. The molecule has 4 heteroatoms. The third-order valence-electron chi connectivity index (χ3n) is 3.97. The molecule has 0 radical (unpaired) electrons. The number of carbonyl (C=O) groups excluding carboxylic acids is 1. The van der Waals surface area contributed by atoms with Gasteiger partial charge in [0.25, 0.3) is 0 Å². The van der Waals surface area contributed by atoms with Crippen LogP contribution in [0.2, 0.25) is 0 Å². The second-order valence-electron chi connectivity index (χ2n) is 6.42. The summed E-state index contributed by atoms with van der Waals surface area (Å²) in [5, 5.41) is 2.97. The summed E-state index contributed by atoms with van der Waals surface area (Å²) in [4.78, 5) is 11.8. The molecule has 17 heavy (non-hydrogen) atoms. The van der Waals surface area contributed by atoms with E-state index in [4.69, 9.17) is 10.5 Å². The van der Waals surface area contributed by atoms with Crippen LogP contribution in [0.4, 0.5) is 4.79 Å². The first kappa shape index (κ1) is 12.7. The molecule has 0 spiro atoms. The molecule has 3 rings (SSSR count). The fourth-order valence-corrected chi connectivity index (χ4v) is 3.15. The largest absolute Gasteiger partial charge is 0.444 e. The number of ether oxygens (including phenoxy) is 1. The number of carbonyl (C=O) groups is 1. The van der Waals surface area contributed by atoms with E-state index in [0.29, 0.717) is 11.8 Å². The molecule has 3 saturated carbocycles. The summed E-state index contributed by atoms with van der Waals surface area (Å²) in [6, 6.07) is 0.215. The Morgan fingerprint density at radius 1 is 1.18 bits per heavy atom. The first-order valence-electron chi connectivity index (χ1n) is 6.62. The molecule has 3 aliphatic carbocycles. The van der Waals surface area contributed by atoms with Crippen LogP contribution >= 0.6 is 0 Å². The number of nitrogens with two attached hydrogens (primary N) is 1. The van der Waals surface area contributed by atoms with Gasteiger partial charge in [0, 0.05) is 6.04 Å². The van der Waals surface area contributed by atoms with Crippen LogP contribution in [0.15, 0.2) is 0 Å². The number of rotatable bonds is 1. The zero-order valence-electron chi connectivity index (χ0n) is 11.0. The summed E-state index contributed by atoms with van der Waals surface area (Å²) in [7, 11) is 0. The average molecular weight is 240 g/mol. The highest BCUT2D eigenvalue weighted by Gasteiger charge is 2.42. The molecular formula is C13H24N2O2. The quantitative estimate of drug-likeness (QED) is 0.737. The Balaban J connectivity index is 1.92. The molecule has 0 aromatic rings. The van der Waals surface area contributed by atoms with E-state index in [1.165, 1.54) is 25.7 Å². The zero-order valence-corrected chi connectivity index (χ0v) is 11.0. The van der Waals surface area contributed by atoms with E-state index in [-0.39, 0.29) is 18.2 Å². The Labute approximate surface area is 103 Å². The molecule has 0 saturated heterocycles. The minimum atomic E-state index is -0.443. The molecule has 0 heterocycles. The van der Waals surface area contributed by atoms with Crippen molar-refractivity contribution in [3.63, 3.8) is 0 Å². The van der Waals surface area contributed by atoms with Gasteiger partial charge in [0.1, 0.15) is 5.60 Å². The SMILES string of the molecule is CC(C)(C)OC(=O)NC1C2CCC(CC2)C1N. The fourth-order valence-electron chi connectivity index (χ4n) is 3.15. The number of alkyl carbamates (subject to hydrolysis) is 1. The maximum Gasteiger partial charge on any atom is 0.407 e. The molecule has 3 fully saturated rings. The number of amides is 1. The summed E-state index contributed by atoms with van der Waals surface area (Å²) >= 11 is 0. The van der Waals surface area contributed by atoms with Crippen molar-refractivity contribution < 1.29 is 9.53 Å². The van der Waals surface area contributed by atoms with Gasteiger partial charge in [-0.2, -0.15) is 0 Å². The Morgan fingerprint density at radius 3 is 2.18 bits per heavy atom. The maximum atomic E-state index is 11.8. The number of nitrogens with one attached hydrogen (secondary N) is 1. The molecule has 2 bridgehead atoms. The van der Waals surface area contributed by atoms with Crippen molar-refractivity contribution in [3.8, 4) is 0 Å². The lowest BCUT2D eigenvalue weighted by atomic mass is 9.65. The lowest BCUT2D eigenvalue weighted by Crippen LogP contribution is -2.60. The van der Waals surface area contributed by atoms with Crippen LogP contribution in [0, 0.1) is 11.8 Å². The van der Waals surface area contributed by atoms with Crippen LogP contribution in [-0.2, 0) is 4.74 Å². The van der Waals surface area contributed by atoms with E-state index in [1.54, 1.807) is 0 Å². The number of hydrogen-bond donors (Lipinski definition) is 2. The van der Waals surface area contributed by atoms with E-state index in [0.717, 1.165) is 0 Å². The second kappa shape index (κ2) is 4.48. The van der Waals surface area contributed by atoms with Crippen LogP contribution in [-0.4, -0.2) is 23.8 Å². The summed E-state index contributed by atoms with van der Waals surface area (Å²) in [6.45, 7) is 5.62. The summed E-state index contributed by atoms with van der Waals surface area (Å²) < 4.78 is 5.29. The molecule has 0 aliphatic heterocycles. The van der Waals surface area contributed by atoms with Crippen molar-refractivity contribution >= 4 is 6.09 Å². The third kappa shape index (κ3) is 2.92. The molecule has 0 aromatic carbocycles. The van der Waals surface area contributed by atoms with Crippen LogP contribution in [0.25, 0.3) is 0 Å². The van der Waals surface area contributed by atoms with E-state index < -0.39 is 5.60 Å². The van der Waals surface area contributed by atoms with Gasteiger partial charge in [-0.25, -0.2) is 4.79 Å². The van der Waals surface area contributed by atoms with E-state index >= 15 is 0 Å². The van der Waals surface area contributed by atoms with Crippen molar-refractivity contribution in [2.75, 3.05) is 0 Å². The van der Waals surface area contributed by atoms with Gasteiger partial charge in [-0.3, -0.25) is 0 Å². The standard InChI is InChI=1S/C13H24N2O2/c1-13(2,3)17-12(16)15-11-9-6-4-8(5-7-9)10(11)14/h8-11H,4-7,14H2,1-3H3,(H,15,16). The minimum absolute atomic E-state index is 0.106. The van der Waals surface area contributed by atoms with Crippen LogP contribution in [0.3, 0.4) is 0 Å². The van der Waals surface area contributed by atoms with Gasteiger partial charge < -0.3 is 15.8 Å². The fraction of sp³-hybridized carbons (Fsp3) is 0.923. The van der Waals surface area contributed by atoms with E-state index in [2.05, 4.69) is 5.32 Å². The Bertz CT molecular complexity index is 288. The normalized spacial score (nSPS) is 36.7. The van der Waals surface area contributed by atoms with Gasteiger partial charge in [0.15, 0.2) is 0 Å². The van der Waals surface area contributed by atoms with Crippen molar-refractivity contribution in [1.29, 1.82) is 0 Å². The predicted octanol–water partition coefficient (Wildman–Crippen LogP) is 2.03. The maximum absolute atomic E-state index is 11.8. The summed E-state index contributed by atoms with van der Waals surface area (Å²) in [5.74, 6) is 1.13. The van der Waals surface area contributed by atoms with E-state index in [9.17, 15) is 4.79 Å². The Morgan fingerprint density at radius 2 is 1.71 bits per heavy atom. The topological polar surface area (TPSA) is 64.3 Å². The zero-order chi connectivity index (χ0) is 12.6. The number of fused-ring (bicyclic) bond motifs is 3. The smallest absolute Gasteiger partial charge is 0.407 e. The predicted molar refractivity (Wildman–Crippen MR) is 66.6 cm³/mol. The van der Waals surface area contributed by atoms with Gasteiger partial charge >= 0.3 is 6.09 Å². The number of hydrogen-bond acceptors (Lipinski definition) is 3. The molecular weight excluding hydrogens is 216 g/mol. The van der Waals surface area contributed by atoms with Crippen LogP contribution < -0.4 is 11.1 Å². The molecule has 3 aliphatic rings. The minimum Gasteiger partial charge on any atom is -0.444 e. The second-order valence-corrected chi connectivity index (χ2v) is 6.42. The first-order chi connectivity index (χ1) is 7.87. The lowest BCUT2D eigenvalue weighted by Gasteiger charge is -2.47. The van der Waals surface area contributed by atoms with Crippen molar-refractivity contribution in [2.24, 2.45) is 17.6 Å². The average Bonchev–Trinajstić information content (AvgIpc) is 2.21. The van der Waals surface area contributed by atoms with Crippen LogP contribution in [0.5, 0.6) is 0 Å². The Kier molecular flexibility index (Phi) is 3.34. The molecule has 1 amide bonds. The third-order valence-corrected chi connectivity index (χ3v) is 3.97. The molecule has 4 nitrogen and oxygen atoms in total. The molecule has 98 valence electrons. The van der Waals surface area contributed by atoms with Gasteiger partial charge in [-0.15, -0.1) is 0 Å². The Hall–Kier alpha value is -0.770.